The van der Waals surface area contributed by atoms with Gasteiger partial charge in [-0.25, -0.2) is 0 Å². The summed E-state index contributed by atoms with van der Waals surface area (Å²) in [5, 5.41) is 3.37. The Hall–Kier alpha value is -1.84. The Morgan fingerprint density at radius 1 is 1.11 bits per heavy atom. The summed E-state index contributed by atoms with van der Waals surface area (Å²) >= 11 is 5.77. The fourth-order valence-corrected chi connectivity index (χ4v) is 4.05. The standard InChI is InChI=1S/C23H29ClN2O/c1-19-7-5-10-21(17-19)23(25-22(27)11-6-14-24)12-15-26(16-13-23)18-20-8-3-2-4-9-20/h2-5,7-10,17H,6,11-16,18H2,1H3,(H,25,27). The smallest absolute Gasteiger partial charge is 0.220 e. The molecule has 1 fully saturated rings. The molecule has 0 bridgehead atoms. The van der Waals surface area contributed by atoms with Gasteiger partial charge in [-0.15, -0.1) is 11.6 Å². The zero-order chi connectivity index (χ0) is 19.1. The zero-order valence-corrected chi connectivity index (χ0v) is 16.8. The Morgan fingerprint density at radius 2 is 1.85 bits per heavy atom. The summed E-state index contributed by atoms with van der Waals surface area (Å²) in [4.78, 5) is 15.0. The molecular weight excluding hydrogens is 356 g/mol. The molecule has 0 saturated carbocycles. The maximum absolute atomic E-state index is 12.5. The van der Waals surface area contributed by atoms with E-state index < -0.39 is 0 Å². The minimum absolute atomic E-state index is 0.105. The Kier molecular flexibility index (Phi) is 6.92. The predicted octanol–water partition coefficient (Wildman–Crippen LogP) is 4.62. The first-order valence-corrected chi connectivity index (χ1v) is 10.4. The molecule has 3 nitrogen and oxygen atoms in total. The summed E-state index contributed by atoms with van der Waals surface area (Å²) < 4.78 is 0. The zero-order valence-electron chi connectivity index (χ0n) is 16.1. The molecule has 0 aliphatic carbocycles. The molecule has 4 heteroatoms. The van der Waals surface area contributed by atoms with Crippen LogP contribution in [0.3, 0.4) is 0 Å². The molecule has 1 aliphatic rings. The average molecular weight is 385 g/mol. The molecule has 0 radical (unpaired) electrons. The van der Waals surface area contributed by atoms with Crippen molar-refractivity contribution < 1.29 is 4.79 Å². The number of carbonyl (C=O) groups excluding carboxylic acids is 1. The molecule has 1 N–H and O–H groups in total. The molecule has 0 atom stereocenters. The molecule has 1 saturated heterocycles. The predicted molar refractivity (Wildman–Crippen MR) is 112 cm³/mol. The minimum atomic E-state index is -0.275. The van der Waals surface area contributed by atoms with Crippen molar-refractivity contribution in [2.24, 2.45) is 0 Å². The summed E-state index contributed by atoms with van der Waals surface area (Å²) in [5.74, 6) is 0.629. The molecular formula is C23H29ClN2O. The number of carbonyl (C=O) groups is 1. The van der Waals surface area contributed by atoms with Crippen molar-refractivity contribution in [2.75, 3.05) is 19.0 Å². The van der Waals surface area contributed by atoms with Crippen LogP contribution in [0.5, 0.6) is 0 Å². The van der Waals surface area contributed by atoms with Crippen LogP contribution in [0.1, 0.15) is 42.4 Å². The monoisotopic (exact) mass is 384 g/mol. The number of aryl methyl sites for hydroxylation is 1. The van der Waals surface area contributed by atoms with Crippen LogP contribution < -0.4 is 5.32 Å². The highest BCUT2D eigenvalue weighted by atomic mass is 35.5. The Morgan fingerprint density at radius 3 is 2.52 bits per heavy atom. The van der Waals surface area contributed by atoms with Gasteiger partial charge in [0.2, 0.25) is 5.91 Å². The van der Waals surface area contributed by atoms with Crippen molar-refractivity contribution in [3.05, 3.63) is 71.3 Å². The van der Waals surface area contributed by atoms with E-state index >= 15 is 0 Å². The van der Waals surface area contributed by atoms with Crippen molar-refractivity contribution in [1.82, 2.24) is 10.2 Å². The lowest BCUT2D eigenvalue weighted by atomic mass is 9.80. The van der Waals surface area contributed by atoms with Gasteiger partial charge in [-0.1, -0.05) is 60.2 Å². The summed E-state index contributed by atoms with van der Waals surface area (Å²) in [6.45, 7) is 5.01. The number of nitrogens with zero attached hydrogens (tertiary/aromatic N) is 1. The number of amides is 1. The molecule has 144 valence electrons. The number of alkyl halides is 1. The molecule has 3 rings (SSSR count). The van der Waals surface area contributed by atoms with Crippen LogP contribution in [0.2, 0.25) is 0 Å². The number of nitrogens with one attached hydrogen (secondary N) is 1. The van der Waals surface area contributed by atoms with E-state index in [0.717, 1.165) is 38.9 Å². The summed E-state index contributed by atoms with van der Waals surface area (Å²) in [6, 6.07) is 19.2. The SMILES string of the molecule is Cc1cccc(C2(NC(=O)CCCCl)CCN(Cc3ccccc3)CC2)c1. The van der Waals surface area contributed by atoms with Crippen LogP contribution in [0.4, 0.5) is 0 Å². The van der Waals surface area contributed by atoms with Gasteiger partial charge in [0.15, 0.2) is 0 Å². The second-order valence-corrected chi connectivity index (χ2v) is 7.93. The first kappa shape index (κ1) is 19.9. The molecule has 0 aromatic heterocycles. The van der Waals surface area contributed by atoms with Crippen molar-refractivity contribution in [3.8, 4) is 0 Å². The van der Waals surface area contributed by atoms with Crippen LogP contribution in [-0.2, 0) is 16.9 Å². The fourth-order valence-electron chi connectivity index (χ4n) is 3.92. The van der Waals surface area contributed by atoms with Gasteiger partial charge in [-0.2, -0.15) is 0 Å². The first-order chi connectivity index (χ1) is 13.1. The number of hydrogen-bond donors (Lipinski definition) is 1. The Bertz CT molecular complexity index is 739. The number of piperidine rings is 1. The summed E-state index contributed by atoms with van der Waals surface area (Å²) in [5.41, 5.74) is 3.52. The average Bonchev–Trinajstić information content (AvgIpc) is 2.69. The van der Waals surface area contributed by atoms with E-state index in [1.165, 1.54) is 16.7 Å². The van der Waals surface area contributed by atoms with E-state index in [-0.39, 0.29) is 11.4 Å². The molecule has 1 aliphatic heterocycles. The fraction of sp³-hybridized carbons (Fsp3) is 0.435. The lowest BCUT2D eigenvalue weighted by molar-refractivity contribution is -0.124. The maximum atomic E-state index is 12.5. The van der Waals surface area contributed by atoms with E-state index in [9.17, 15) is 4.79 Å². The van der Waals surface area contributed by atoms with Gasteiger partial charge < -0.3 is 5.32 Å². The van der Waals surface area contributed by atoms with Crippen LogP contribution in [0.15, 0.2) is 54.6 Å². The third-order valence-corrected chi connectivity index (χ3v) is 5.71. The highest BCUT2D eigenvalue weighted by Crippen LogP contribution is 2.34. The Labute approximate surface area is 167 Å². The van der Waals surface area contributed by atoms with E-state index in [1.807, 2.05) is 0 Å². The molecule has 27 heavy (non-hydrogen) atoms. The highest BCUT2D eigenvalue weighted by Gasteiger charge is 2.37. The maximum Gasteiger partial charge on any atom is 0.220 e. The second kappa shape index (κ2) is 9.38. The van der Waals surface area contributed by atoms with Crippen LogP contribution in [0, 0.1) is 6.92 Å². The summed E-state index contributed by atoms with van der Waals surface area (Å²) in [7, 11) is 0. The van der Waals surface area contributed by atoms with Gasteiger partial charge in [0.1, 0.15) is 0 Å². The van der Waals surface area contributed by atoms with Crippen LogP contribution in [-0.4, -0.2) is 29.8 Å². The van der Waals surface area contributed by atoms with Crippen molar-refractivity contribution in [3.63, 3.8) is 0 Å². The Balaban J connectivity index is 1.73. The van der Waals surface area contributed by atoms with Crippen molar-refractivity contribution >= 4 is 17.5 Å². The van der Waals surface area contributed by atoms with E-state index in [4.69, 9.17) is 11.6 Å². The quantitative estimate of drug-likeness (QED) is 0.706. The lowest BCUT2D eigenvalue weighted by Gasteiger charge is -2.43. The second-order valence-electron chi connectivity index (χ2n) is 7.55. The van der Waals surface area contributed by atoms with Gasteiger partial charge >= 0.3 is 0 Å². The van der Waals surface area contributed by atoms with E-state index in [0.29, 0.717) is 12.3 Å². The molecule has 0 unspecified atom stereocenters. The first-order valence-electron chi connectivity index (χ1n) is 9.82. The van der Waals surface area contributed by atoms with Gasteiger partial charge in [-0.05, 0) is 37.3 Å². The van der Waals surface area contributed by atoms with Gasteiger partial charge in [0.05, 0.1) is 5.54 Å². The normalized spacial score (nSPS) is 16.8. The summed E-state index contributed by atoms with van der Waals surface area (Å²) in [6.07, 6.45) is 3.06. The largest absolute Gasteiger partial charge is 0.346 e. The van der Waals surface area contributed by atoms with Crippen molar-refractivity contribution in [1.29, 1.82) is 0 Å². The highest BCUT2D eigenvalue weighted by molar-refractivity contribution is 6.17. The minimum Gasteiger partial charge on any atom is -0.346 e. The number of benzene rings is 2. The number of halogens is 1. The van der Waals surface area contributed by atoms with E-state index in [1.54, 1.807) is 0 Å². The number of likely N-dealkylation sites (tertiary alicyclic amines) is 1. The van der Waals surface area contributed by atoms with Gasteiger partial charge in [0, 0.05) is 31.9 Å². The van der Waals surface area contributed by atoms with Gasteiger partial charge in [0.25, 0.3) is 0 Å². The van der Waals surface area contributed by atoms with Gasteiger partial charge in [-0.3, -0.25) is 9.69 Å². The van der Waals surface area contributed by atoms with Crippen LogP contribution >= 0.6 is 11.6 Å². The number of rotatable bonds is 7. The molecule has 0 spiro atoms. The number of hydrogen-bond acceptors (Lipinski definition) is 2. The third kappa shape index (κ3) is 5.33. The van der Waals surface area contributed by atoms with Crippen LogP contribution in [0.25, 0.3) is 0 Å². The molecule has 1 amide bonds. The third-order valence-electron chi connectivity index (χ3n) is 5.45. The molecule has 2 aromatic carbocycles. The van der Waals surface area contributed by atoms with Crippen molar-refractivity contribution in [2.45, 2.75) is 44.7 Å². The van der Waals surface area contributed by atoms with E-state index in [2.05, 4.69) is 71.7 Å². The topological polar surface area (TPSA) is 32.3 Å². The molecule has 2 aromatic rings. The molecule has 1 heterocycles. The lowest BCUT2D eigenvalue weighted by Crippen LogP contribution is -2.53.